The number of hydrogen-bond donors (Lipinski definition) is 2. The van der Waals surface area contributed by atoms with Gasteiger partial charge < -0.3 is 10.2 Å². The van der Waals surface area contributed by atoms with Crippen molar-refractivity contribution in [1.82, 2.24) is 0 Å². The second-order valence-corrected chi connectivity index (χ2v) is 4.96. The van der Waals surface area contributed by atoms with Crippen molar-refractivity contribution in [1.29, 1.82) is 0 Å². The van der Waals surface area contributed by atoms with Gasteiger partial charge in [-0.2, -0.15) is 0 Å². The summed E-state index contributed by atoms with van der Waals surface area (Å²) in [5.74, 6) is -0.920. The van der Waals surface area contributed by atoms with Crippen LogP contribution in [0.15, 0.2) is 48.5 Å². The Bertz CT molecular complexity index is 631. The molecule has 0 saturated carbocycles. The first kappa shape index (κ1) is 15.1. The van der Waals surface area contributed by atoms with Crippen LogP contribution in [0.5, 0.6) is 0 Å². The van der Waals surface area contributed by atoms with Gasteiger partial charge >= 0.3 is 0 Å². The molecule has 1 unspecified atom stereocenters. The Morgan fingerprint density at radius 2 is 1.90 bits per heavy atom. The molecule has 0 aliphatic rings. The molecule has 2 rings (SSSR count). The fourth-order valence-corrected chi connectivity index (χ4v) is 2.07. The maximum atomic E-state index is 13.5. The van der Waals surface area contributed by atoms with E-state index in [4.69, 9.17) is 0 Å². The Morgan fingerprint density at radius 3 is 2.62 bits per heavy atom. The monoisotopic (exact) mass is 291 g/mol. The van der Waals surface area contributed by atoms with Gasteiger partial charge in [0.05, 0.1) is 7.05 Å². The van der Waals surface area contributed by atoms with Gasteiger partial charge in [-0.05, 0) is 24.3 Å². The third-order valence-corrected chi connectivity index (χ3v) is 3.02. The summed E-state index contributed by atoms with van der Waals surface area (Å²) in [7, 11) is 1.80. The summed E-state index contributed by atoms with van der Waals surface area (Å²) in [6.45, 7) is 0.577. The molecule has 0 heterocycles. The standard InChI is InChI=1S/C16H16F2N2O/c1-20(10-12-5-2-3-8-15(12)18)11-16(21)19-14-7-4-6-13(17)9-14/h2-9H,10-11H2,1H3,(H,19,21)/p+1. The molecular weight excluding hydrogens is 274 g/mol. The van der Waals surface area contributed by atoms with Crippen LogP contribution in [0.3, 0.4) is 0 Å². The van der Waals surface area contributed by atoms with Gasteiger partial charge in [0.2, 0.25) is 0 Å². The fraction of sp³-hybridized carbons (Fsp3) is 0.188. The smallest absolute Gasteiger partial charge is 0.279 e. The summed E-state index contributed by atoms with van der Waals surface area (Å²) in [4.78, 5) is 12.7. The molecule has 0 fully saturated rings. The van der Waals surface area contributed by atoms with Crippen LogP contribution in [0.1, 0.15) is 5.56 Å². The largest absolute Gasteiger partial charge is 0.326 e. The average Bonchev–Trinajstić information content (AvgIpc) is 2.41. The lowest BCUT2D eigenvalue weighted by molar-refractivity contribution is -0.885. The minimum absolute atomic E-state index is 0.171. The van der Waals surface area contributed by atoms with Crippen molar-refractivity contribution >= 4 is 11.6 Å². The van der Waals surface area contributed by atoms with Crippen LogP contribution < -0.4 is 10.2 Å². The number of benzene rings is 2. The van der Waals surface area contributed by atoms with Gasteiger partial charge in [-0.15, -0.1) is 0 Å². The Hall–Kier alpha value is -2.27. The highest BCUT2D eigenvalue weighted by molar-refractivity contribution is 5.91. The summed E-state index contributed by atoms with van der Waals surface area (Å²) in [6.07, 6.45) is 0. The second-order valence-electron chi connectivity index (χ2n) is 4.96. The molecule has 1 amide bonds. The van der Waals surface area contributed by atoms with E-state index in [1.807, 2.05) is 0 Å². The van der Waals surface area contributed by atoms with Crippen molar-refractivity contribution in [3.05, 3.63) is 65.7 Å². The number of nitrogens with one attached hydrogen (secondary N) is 2. The normalized spacial score (nSPS) is 12.0. The van der Waals surface area contributed by atoms with Crippen LogP contribution in [0.25, 0.3) is 0 Å². The predicted octanol–water partition coefficient (Wildman–Crippen LogP) is 1.62. The van der Waals surface area contributed by atoms with Crippen LogP contribution >= 0.6 is 0 Å². The van der Waals surface area contributed by atoms with Crippen LogP contribution in [-0.4, -0.2) is 19.5 Å². The molecule has 2 N–H and O–H groups in total. The summed E-state index contributed by atoms with van der Waals surface area (Å²) in [6, 6.07) is 12.2. The lowest BCUT2D eigenvalue weighted by Crippen LogP contribution is -3.08. The summed E-state index contributed by atoms with van der Waals surface area (Å²) in [5.41, 5.74) is 0.979. The average molecular weight is 291 g/mol. The first-order valence-corrected chi connectivity index (χ1v) is 6.65. The van der Waals surface area contributed by atoms with Gasteiger partial charge in [-0.25, -0.2) is 8.78 Å². The molecular formula is C16H17F2N2O+. The van der Waals surface area contributed by atoms with Crippen molar-refractivity contribution in [3.63, 3.8) is 0 Å². The van der Waals surface area contributed by atoms with Crippen molar-refractivity contribution in [2.75, 3.05) is 18.9 Å². The van der Waals surface area contributed by atoms with E-state index in [0.29, 0.717) is 17.8 Å². The minimum atomic E-state index is -0.403. The van der Waals surface area contributed by atoms with E-state index in [9.17, 15) is 13.6 Å². The van der Waals surface area contributed by atoms with E-state index in [0.717, 1.165) is 4.90 Å². The SMILES string of the molecule is C[NH+](CC(=O)Nc1cccc(F)c1)Cc1ccccc1F. The van der Waals surface area contributed by atoms with Gasteiger partial charge in [0.15, 0.2) is 6.54 Å². The summed E-state index contributed by atoms with van der Waals surface area (Å²) in [5, 5.41) is 2.62. The highest BCUT2D eigenvalue weighted by Gasteiger charge is 2.13. The fourth-order valence-electron chi connectivity index (χ4n) is 2.07. The van der Waals surface area contributed by atoms with Crippen molar-refractivity contribution in [3.8, 4) is 0 Å². The second kappa shape index (κ2) is 6.95. The molecule has 1 atom stereocenters. The van der Waals surface area contributed by atoms with Crippen molar-refractivity contribution in [2.45, 2.75) is 6.54 Å². The first-order chi connectivity index (χ1) is 10.0. The summed E-state index contributed by atoms with van der Waals surface area (Å²) >= 11 is 0. The number of halogens is 2. The van der Waals surface area contributed by atoms with Crippen LogP contribution in [0, 0.1) is 11.6 Å². The molecule has 3 nitrogen and oxygen atoms in total. The van der Waals surface area contributed by atoms with Crippen molar-refractivity contribution in [2.24, 2.45) is 0 Å². The van der Waals surface area contributed by atoms with E-state index in [2.05, 4.69) is 5.32 Å². The zero-order valence-electron chi connectivity index (χ0n) is 11.7. The topological polar surface area (TPSA) is 33.5 Å². The number of carbonyl (C=O) groups is 1. The van der Waals surface area contributed by atoms with E-state index in [1.54, 1.807) is 31.3 Å². The quantitative estimate of drug-likeness (QED) is 0.862. The zero-order chi connectivity index (χ0) is 15.2. The number of anilines is 1. The minimum Gasteiger partial charge on any atom is -0.326 e. The molecule has 0 spiro atoms. The lowest BCUT2D eigenvalue weighted by atomic mass is 10.2. The molecule has 0 aromatic heterocycles. The maximum Gasteiger partial charge on any atom is 0.279 e. The number of likely N-dealkylation sites (N-methyl/N-ethyl adjacent to an activating group) is 1. The molecule has 0 radical (unpaired) electrons. The van der Waals surface area contributed by atoms with E-state index < -0.39 is 5.82 Å². The number of hydrogen-bond acceptors (Lipinski definition) is 1. The lowest BCUT2D eigenvalue weighted by Gasteiger charge is -2.14. The third kappa shape index (κ3) is 4.65. The molecule has 0 aliphatic heterocycles. The molecule has 110 valence electrons. The van der Waals surface area contributed by atoms with Gasteiger partial charge in [0.1, 0.15) is 18.2 Å². The van der Waals surface area contributed by atoms with Crippen molar-refractivity contribution < 1.29 is 18.5 Å². The number of quaternary nitrogens is 1. The third-order valence-electron chi connectivity index (χ3n) is 3.02. The molecule has 21 heavy (non-hydrogen) atoms. The first-order valence-electron chi connectivity index (χ1n) is 6.65. The Balaban J connectivity index is 1.89. The molecule has 0 saturated heterocycles. The predicted molar refractivity (Wildman–Crippen MR) is 76.9 cm³/mol. The highest BCUT2D eigenvalue weighted by atomic mass is 19.1. The van der Waals surface area contributed by atoms with Gasteiger partial charge in [-0.3, -0.25) is 4.79 Å². The van der Waals surface area contributed by atoms with Gasteiger partial charge in [0.25, 0.3) is 5.91 Å². The molecule has 0 aliphatic carbocycles. The van der Waals surface area contributed by atoms with Crippen LogP contribution in [-0.2, 0) is 11.3 Å². The van der Waals surface area contributed by atoms with Crippen LogP contribution in [0.2, 0.25) is 0 Å². The van der Waals surface area contributed by atoms with Crippen LogP contribution in [0.4, 0.5) is 14.5 Å². The molecule has 0 bridgehead atoms. The maximum absolute atomic E-state index is 13.5. The zero-order valence-corrected chi connectivity index (χ0v) is 11.7. The van der Waals surface area contributed by atoms with E-state index in [-0.39, 0.29) is 18.3 Å². The van der Waals surface area contributed by atoms with E-state index >= 15 is 0 Å². The Labute approximate surface area is 122 Å². The molecule has 2 aromatic carbocycles. The molecule has 5 heteroatoms. The Morgan fingerprint density at radius 1 is 1.14 bits per heavy atom. The summed E-state index contributed by atoms with van der Waals surface area (Å²) < 4.78 is 26.5. The number of carbonyl (C=O) groups excluding carboxylic acids is 1. The van der Waals surface area contributed by atoms with Gasteiger partial charge in [-0.1, -0.05) is 24.3 Å². The number of amides is 1. The highest BCUT2D eigenvalue weighted by Crippen LogP contribution is 2.08. The molecule has 2 aromatic rings. The van der Waals surface area contributed by atoms with Gasteiger partial charge in [0, 0.05) is 11.3 Å². The Kier molecular flexibility index (Phi) is 5.00. The number of rotatable bonds is 5. The van der Waals surface area contributed by atoms with E-state index in [1.165, 1.54) is 24.3 Å².